The third kappa shape index (κ3) is 7.92. The lowest BCUT2D eigenvalue weighted by atomic mass is 10.1. The van der Waals surface area contributed by atoms with Gasteiger partial charge in [-0.25, -0.2) is 0 Å². The molecule has 2 aliphatic rings. The molecule has 2 aromatic carbocycles. The Morgan fingerprint density at radius 1 is 0.688 bits per heavy atom. The van der Waals surface area contributed by atoms with Crippen molar-refractivity contribution in [3.63, 3.8) is 0 Å². The van der Waals surface area contributed by atoms with Gasteiger partial charge in [0.25, 0.3) is 0 Å². The van der Waals surface area contributed by atoms with Crippen molar-refractivity contribution in [2.75, 3.05) is 26.2 Å². The molecule has 2 amide bonds. The van der Waals surface area contributed by atoms with Crippen LogP contribution in [0.15, 0.2) is 54.6 Å². The van der Waals surface area contributed by atoms with Crippen LogP contribution in [0.2, 0.25) is 0 Å². The standard InChI is InChI=1S/C25H29N3O4/c29-22-11-6-20-8-13-25(31)27-16-2-1-14-26-15-3-17-28-24(30)12-7-19-4-9-21(10-5-19)32-23(22)18-20/h4-13,18,26,29H,1-3,14-17H2,(H,27,31)(H,28,30)/b12-7-,13-8?. The third-order valence-electron chi connectivity index (χ3n) is 4.86. The molecule has 7 nitrogen and oxygen atoms in total. The van der Waals surface area contributed by atoms with Gasteiger partial charge in [0.05, 0.1) is 0 Å². The Balaban J connectivity index is 1.72. The summed E-state index contributed by atoms with van der Waals surface area (Å²) in [6, 6.07) is 12.1. The van der Waals surface area contributed by atoms with Gasteiger partial charge in [0.1, 0.15) is 5.75 Å². The van der Waals surface area contributed by atoms with Crippen LogP contribution in [0.1, 0.15) is 30.4 Å². The molecule has 32 heavy (non-hydrogen) atoms. The molecule has 0 saturated carbocycles. The number of amides is 2. The molecule has 0 atom stereocenters. The highest BCUT2D eigenvalue weighted by molar-refractivity contribution is 5.92. The van der Waals surface area contributed by atoms with E-state index in [-0.39, 0.29) is 23.3 Å². The van der Waals surface area contributed by atoms with Crippen LogP contribution in [0, 0.1) is 0 Å². The second-order valence-corrected chi connectivity index (χ2v) is 7.46. The van der Waals surface area contributed by atoms with E-state index in [2.05, 4.69) is 16.0 Å². The van der Waals surface area contributed by atoms with Gasteiger partial charge in [-0.3, -0.25) is 9.59 Å². The molecule has 7 heteroatoms. The van der Waals surface area contributed by atoms with Gasteiger partial charge in [0, 0.05) is 25.2 Å². The van der Waals surface area contributed by atoms with Crippen LogP contribution in [0.4, 0.5) is 0 Å². The summed E-state index contributed by atoms with van der Waals surface area (Å²) in [5.41, 5.74) is 1.59. The highest BCUT2D eigenvalue weighted by Gasteiger charge is 2.06. The van der Waals surface area contributed by atoms with Crippen LogP contribution >= 0.6 is 0 Å². The molecule has 4 N–H and O–H groups in total. The summed E-state index contributed by atoms with van der Waals surface area (Å²) in [7, 11) is 0. The zero-order valence-corrected chi connectivity index (χ0v) is 18.0. The predicted octanol–water partition coefficient (Wildman–Crippen LogP) is 3.22. The number of hydrogen-bond acceptors (Lipinski definition) is 5. The molecule has 0 fully saturated rings. The number of ether oxygens (including phenoxy) is 1. The molecule has 2 aliphatic heterocycles. The Morgan fingerprint density at radius 3 is 2.03 bits per heavy atom. The molecule has 0 spiro atoms. The predicted molar refractivity (Wildman–Crippen MR) is 125 cm³/mol. The first-order valence-electron chi connectivity index (χ1n) is 10.8. The molecule has 0 unspecified atom stereocenters. The SMILES string of the molecule is O=C1C=Cc2ccc(O)c(c2)Oc2ccc(cc2)/C=C\C(=O)NCCCNCCCCN1. The van der Waals surface area contributed by atoms with E-state index < -0.39 is 0 Å². The van der Waals surface area contributed by atoms with Crippen LogP contribution in [0.5, 0.6) is 17.2 Å². The molecule has 0 aliphatic carbocycles. The maximum absolute atomic E-state index is 12.0. The van der Waals surface area contributed by atoms with Crippen molar-refractivity contribution in [2.24, 2.45) is 0 Å². The number of phenolic OH excluding ortho intramolecular Hbond substituents is 1. The van der Waals surface area contributed by atoms with Crippen molar-refractivity contribution in [1.29, 1.82) is 0 Å². The fourth-order valence-electron chi connectivity index (χ4n) is 3.09. The molecule has 0 radical (unpaired) electrons. The summed E-state index contributed by atoms with van der Waals surface area (Å²) in [5, 5.41) is 19.2. The summed E-state index contributed by atoms with van der Waals surface area (Å²) in [5.74, 6) is 0.537. The molecule has 168 valence electrons. The number of rotatable bonds is 0. The van der Waals surface area contributed by atoms with Gasteiger partial charge < -0.3 is 25.8 Å². The summed E-state index contributed by atoms with van der Waals surface area (Å²) in [4.78, 5) is 24.0. The topological polar surface area (TPSA) is 99.7 Å². The first-order chi connectivity index (χ1) is 15.6. The van der Waals surface area contributed by atoms with Gasteiger partial charge >= 0.3 is 0 Å². The number of carbonyl (C=O) groups is 2. The Hall–Kier alpha value is -3.58. The van der Waals surface area contributed by atoms with Gasteiger partial charge in [-0.05, 0) is 79.9 Å². The first-order valence-corrected chi connectivity index (χ1v) is 10.8. The van der Waals surface area contributed by atoms with Crippen LogP contribution in [0.3, 0.4) is 0 Å². The molecule has 4 bridgehead atoms. The van der Waals surface area contributed by atoms with E-state index in [0.29, 0.717) is 18.8 Å². The van der Waals surface area contributed by atoms with E-state index >= 15 is 0 Å². The zero-order chi connectivity index (χ0) is 22.6. The second kappa shape index (κ2) is 12.3. The Bertz CT molecular complexity index is 968. The minimum absolute atomic E-state index is 0.00212. The molecule has 0 saturated heterocycles. The number of carbonyl (C=O) groups excluding carboxylic acids is 2. The smallest absolute Gasteiger partial charge is 0.243 e. The monoisotopic (exact) mass is 435 g/mol. The van der Waals surface area contributed by atoms with Crippen molar-refractivity contribution >= 4 is 24.0 Å². The van der Waals surface area contributed by atoms with Crippen molar-refractivity contribution in [2.45, 2.75) is 19.3 Å². The number of benzene rings is 2. The van der Waals surface area contributed by atoms with E-state index in [1.54, 1.807) is 36.4 Å². The minimum Gasteiger partial charge on any atom is -0.504 e. The molecule has 4 rings (SSSR count). The maximum atomic E-state index is 12.0. The summed E-state index contributed by atoms with van der Waals surface area (Å²) < 4.78 is 5.79. The van der Waals surface area contributed by atoms with E-state index in [1.807, 2.05) is 12.1 Å². The van der Waals surface area contributed by atoms with E-state index in [9.17, 15) is 14.7 Å². The number of phenols is 1. The normalized spacial score (nSPS) is 17.5. The van der Waals surface area contributed by atoms with Gasteiger partial charge in [-0.2, -0.15) is 0 Å². The highest BCUT2D eigenvalue weighted by atomic mass is 16.5. The molecule has 2 aromatic rings. The molecular formula is C25H29N3O4. The lowest BCUT2D eigenvalue weighted by Gasteiger charge is -2.09. The van der Waals surface area contributed by atoms with E-state index in [0.717, 1.165) is 43.5 Å². The van der Waals surface area contributed by atoms with Crippen molar-refractivity contribution < 1.29 is 19.4 Å². The van der Waals surface area contributed by atoms with Gasteiger partial charge in [0.2, 0.25) is 11.8 Å². The Labute approximate surface area is 188 Å². The average Bonchev–Trinajstić information content (AvgIpc) is 2.79. The van der Waals surface area contributed by atoms with Crippen LogP contribution in [-0.2, 0) is 9.59 Å². The molecular weight excluding hydrogens is 406 g/mol. The molecule has 2 heterocycles. The highest BCUT2D eigenvalue weighted by Crippen LogP contribution is 2.32. The number of hydrogen-bond donors (Lipinski definition) is 4. The number of nitrogens with one attached hydrogen (secondary N) is 3. The van der Waals surface area contributed by atoms with Gasteiger partial charge in [-0.15, -0.1) is 0 Å². The summed E-state index contributed by atoms with van der Waals surface area (Å²) in [6.45, 7) is 2.90. The lowest BCUT2D eigenvalue weighted by molar-refractivity contribution is -0.117. The Morgan fingerprint density at radius 2 is 1.28 bits per heavy atom. The largest absolute Gasteiger partial charge is 0.504 e. The number of aromatic hydroxyl groups is 1. The fraction of sp³-hybridized carbons (Fsp3) is 0.280. The van der Waals surface area contributed by atoms with Gasteiger partial charge in [-0.1, -0.05) is 18.2 Å². The average molecular weight is 436 g/mol. The minimum atomic E-state index is -0.164. The summed E-state index contributed by atoms with van der Waals surface area (Å²) >= 11 is 0. The lowest BCUT2D eigenvalue weighted by Crippen LogP contribution is -2.27. The van der Waals surface area contributed by atoms with Crippen molar-refractivity contribution in [3.05, 3.63) is 65.7 Å². The molecule has 0 aromatic heterocycles. The van der Waals surface area contributed by atoms with E-state index in [4.69, 9.17) is 4.74 Å². The summed E-state index contributed by atoms with van der Waals surface area (Å²) in [6.07, 6.45) is 9.09. The van der Waals surface area contributed by atoms with Crippen molar-refractivity contribution in [3.8, 4) is 17.2 Å². The Kier molecular flexibility index (Phi) is 8.89. The first kappa shape index (κ1) is 23.1. The van der Waals surface area contributed by atoms with Crippen LogP contribution in [-0.4, -0.2) is 43.1 Å². The van der Waals surface area contributed by atoms with Crippen molar-refractivity contribution in [1.82, 2.24) is 16.0 Å². The quantitative estimate of drug-likeness (QED) is 0.509. The number of fused-ring (bicyclic) bond motifs is 15. The van der Waals surface area contributed by atoms with Crippen LogP contribution < -0.4 is 20.7 Å². The fourth-order valence-corrected chi connectivity index (χ4v) is 3.09. The van der Waals surface area contributed by atoms with E-state index in [1.165, 1.54) is 18.2 Å². The second-order valence-electron chi connectivity index (χ2n) is 7.46. The third-order valence-corrected chi connectivity index (χ3v) is 4.86. The maximum Gasteiger partial charge on any atom is 0.243 e. The van der Waals surface area contributed by atoms with Gasteiger partial charge in [0.15, 0.2) is 11.5 Å². The zero-order valence-electron chi connectivity index (χ0n) is 18.0. The van der Waals surface area contributed by atoms with Crippen LogP contribution in [0.25, 0.3) is 12.2 Å².